The first kappa shape index (κ1) is 14.1. The predicted molar refractivity (Wildman–Crippen MR) is 77.9 cm³/mol. The number of likely N-dealkylation sites (N-methyl/N-ethyl adjacent to an activating group) is 1. The molecule has 0 aliphatic carbocycles. The maximum Gasteiger partial charge on any atom is 0.164 e. The van der Waals surface area contributed by atoms with Gasteiger partial charge >= 0.3 is 0 Å². The fraction of sp³-hybridized carbons (Fsp3) is 0.562. The van der Waals surface area contributed by atoms with Crippen molar-refractivity contribution in [1.29, 1.82) is 0 Å². The standard InChI is InChI=1S/C16H23NO2/c1-3-16(18)14-9-4-5-10-15(14)17(2)12-13-8-6-7-11-19-13/h4-5,9-10,13H,3,6-8,11-12H2,1-2H3. The molecule has 0 amide bonds. The molecule has 1 fully saturated rings. The van der Waals surface area contributed by atoms with Crippen LogP contribution in [0.25, 0.3) is 0 Å². The minimum absolute atomic E-state index is 0.201. The third kappa shape index (κ3) is 3.57. The summed E-state index contributed by atoms with van der Waals surface area (Å²) in [5.41, 5.74) is 1.84. The number of anilines is 1. The number of benzene rings is 1. The third-order valence-corrected chi connectivity index (χ3v) is 3.69. The van der Waals surface area contributed by atoms with Crippen molar-refractivity contribution in [3.05, 3.63) is 29.8 Å². The summed E-state index contributed by atoms with van der Waals surface area (Å²) in [7, 11) is 2.04. The molecule has 1 aromatic carbocycles. The van der Waals surface area contributed by atoms with Crippen molar-refractivity contribution >= 4 is 11.5 Å². The van der Waals surface area contributed by atoms with Crippen LogP contribution in [0.15, 0.2) is 24.3 Å². The molecule has 0 bridgehead atoms. The first-order valence-electron chi connectivity index (χ1n) is 7.17. The van der Waals surface area contributed by atoms with Gasteiger partial charge in [0.1, 0.15) is 0 Å². The molecule has 1 atom stereocenters. The van der Waals surface area contributed by atoms with Gasteiger partial charge in [0.2, 0.25) is 0 Å². The maximum atomic E-state index is 12.0. The van der Waals surface area contributed by atoms with E-state index in [-0.39, 0.29) is 5.78 Å². The van der Waals surface area contributed by atoms with Crippen molar-refractivity contribution in [1.82, 2.24) is 0 Å². The average Bonchev–Trinajstić information content (AvgIpc) is 2.47. The fourth-order valence-corrected chi connectivity index (χ4v) is 2.59. The first-order valence-corrected chi connectivity index (χ1v) is 7.17. The summed E-state index contributed by atoms with van der Waals surface area (Å²) in [6.07, 6.45) is 4.38. The van der Waals surface area contributed by atoms with E-state index in [2.05, 4.69) is 4.90 Å². The Labute approximate surface area is 115 Å². The molecule has 104 valence electrons. The Bertz CT molecular complexity index is 425. The van der Waals surface area contributed by atoms with Gasteiger partial charge in [0.15, 0.2) is 5.78 Å². The lowest BCUT2D eigenvalue weighted by molar-refractivity contribution is 0.0216. The highest BCUT2D eigenvalue weighted by Gasteiger charge is 2.18. The molecule has 1 aliphatic rings. The van der Waals surface area contributed by atoms with E-state index in [0.29, 0.717) is 12.5 Å². The lowest BCUT2D eigenvalue weighted by atomic mass is 10.0. The van der Waals surface area contributed by atoms with Gasteiger partial charge in [0.25, 0.3) is 0 Å². The van der Waals surface area contributed by atoms with Gasteiger partial charge in [-0.25, -0.2) is 0 Å². The van der Waals surface area contributed by atoms with Gasteiger partial charge in [0, 0.05) is 37.9 Å². The molecule has 3 nitrogen and oxygen atoms in total. The highest BCUT2D eigenvalue weighted by atomic mass is 16.5. The molecule has 0 saturated carbocycles. The smallest absolute Gasteiger partial charge is 0.164 e. The normalized spacial score (nSPS) is 19.2. The first-order chi connectivity index (χ1) is 9.22. The van der Waals surface area contributed by atoms with E-state index in [1.165, 1.54) is 12.8 Å². The number of ether oxygens (including phenoxy) is 1. The number of Topliss-reactive ketones (excluding diaryl/α,β-unsaturated/α-hetero) is 1. The summed E-state index contributed by atoms with van der Waals surface area (Å²) in [5, 5.41) is 0. The lowest BCUT2D eigenvalue weighted by Gasteiger charge is -2.29. The van der Waals surface area contributed by atoms with Crippen LogP contribution in [0.4, 0.5) is 5.69 Å². The number of carbonyl (C=O) groups is 1. The number of rotatable bonds is 5. The summed E-state index contributed by atoms with van der Waals surface area (Å²) >= 11 is 0. The zero-order valence-corrected chi connectivity index (χ0v) is 11.9. The Hall–Kier alpha value is -1.35. The van der Waals surface area contributed by atoms with E-state index in [0.717, 1.165) is 30.8 Å². The van der Waals surface area contributed by atoms with Crippen LogP contribution < -0.4 is 4.90 Å². The van der Waals surface area contributed by atoms with E-state index in [9.17, 15) is 4.79 Å². The number of nitrogens with zero attached hydrogens (tertiary/aromatic N) is 1. The van der Waals surface area contributed by atoms with Crippen molar-refractivity contribution in [3.63, 3.8) is 0 Å². The topological polar surface area (TPSA) is 29.5 Å². The van der Waals surface area contributed by atoms with Gasteiger partial charge in [-0.3, -0.25) is 4.79 Å². The van der Waals surface area contributed by atoms with Crippen LogP contribution in [-0.2, 0) is 4.74 Å². The Kier molecular flexibility index (Phi) is 4.97. The zero-order chi connectivity index (χ0) is 13.7. The minimum atomic E-state index is 0.201. The average molecular weight is 261 g/mol. The van der Waals surface area contributed by atoms with Crippen molar-refractivity contribution in [3.8, 4) is 0 Å². The van der Waals surface area contributed by atoms with Crippen molar-refractivity contribution < 1.29 is 9.53 Å². The molecule has 1 saturated heterocycles. The van der Waals surface area contributed by atoms with Crippen LogP contribution in [0.1, 0.15) is 43.0 Å². The van der Waals surface area contributed by atoms with Crippen LogP contribution >= 0.6 is 0 Å². The third-order valence-electron chi connectivity index (χ3n) is 3.69. The molecule has 1 aromatic rings. The van der Waals surface area contributed by atoms with Gasteiger partial charge in [-0.1, -0.05) is 19.1 Å². The lowest BCUT2D eigenvalue weighted by Crippen LogP contribution is -2.34. The zero-order valence-electron chi connectivity index (χ0n) is 11.9. The highest BCUT2D eigenvalue weighted by Crippen LogP contribution is 2.23. The van der Waals surface area contributed by atoms with Gasteiger partial charge < -0.3 is 9.64 Å². The molecule has 2 rings (SSSR count). The van der Waals surface area contributed by atoms with E-state index in [4.69, 9.17) is 4.74 Å². The van der Waals surface area contributed by atoms with Crippen molar-refractivity contribution in [2.75, 3.05) is 25.1 Å². The second-order valence-electron chi connectivity index (χ2n) is 5.16. The minimum Gasteiger partial charge on any atom is -0.376 e. The van der Waals surface area contributed by atoms with E-state index in [1.54, 1.807) is 0 Å². The molecular formula is C16H23NO2. The summed E-state index contributed by atoms with van der Waals surface area (Å²) < 4.78 is 5.77. The Morgan fingerprint density at radius 3 is 2.84 bits per heavy atom. The highest BCUT2D eigenvalue weighted by molar-refractivity contribution is 6.01. The van der Waals surface area contributed by atoms with Crippen LogP contribution in [0.5, 0.6) is 0 Å². The van der Waals surface area contributed by atoms with Crippen LogP contribution in [0.3, 0.4) is 0 Å². The van der Waals surface area contributed by atoms with Crippen LogP contribution in [0.2, 0.25) is 0 Å². The Balaban J connectivity index is 2.09. The Morgan fingerprint density at radius 2 is 2.16 bits per heavy atom. The molecule has 0 aromatic heterocycles. The SMILES string of the molecule is CCC(=O)c1ccccc1N(C)CC1CCCCO1. The van der Waals surface area contributed by atoms with Gasteiger partial charge in [-0.15, -0.1) is 0 Å². The van der Waals surface area contributed by atoms with E-state index >= 15 is 0 Å². The van der Waals surface area contributed by atoms with Crippen LogP contribution in [0, 0.1) is 0 Å². The molecular weight excluding hydrogens is 238 g/mol. The number of ketones is 1. The molecule has 3 heteroatoms. The number of hydrogen-bond acceptors (Lipinski definition) is 3. The molecule has 0 spiro atoms. The van der Waals surface area contributed by atoms with Crippen molar-refractivity contribution in [2.45, 2.75) is 38.7 Å². The summed E-state index contributed by atoms with van der Waals surface area (Å²) in [6, 6.07) is 7.85. The summed E-state index contributed by atoms with van der Waals surface area (Å²) in [5.74, 6) is 0.201. The predicted octanol–water partition coefficient (Wildman–Crippen LogP) is 3.28. The summed E-state index contributed by atoms with van der Waals surface area (Å²) in [6.45, 7) is 3.63. The van der Waals surface area contributed by atoms with E-state index in [1.807, 2.05) is 38.2 Å². The molecule has 0 radical (unpaired) electrons. The Morgan fingerprint density at radius 1 is 1.37 bits per heavy atom. The molecule has 19 heavy (non-hydrogen) atoms. The fourth-order valence-electron chi connectivity index (χ4n) is 2.59. The van der Waals surface area contributed by atoms with Crippen LogP contribution in [-0.4, -0.2) is 32.1 Å². The second kappa shape index (κ2) is 6.71. The van der Waals surface area contributed by atoms with Gasteiger partial charge in [-0.05, 0) is 31.4 Å². The quantitative estimate of drug-likeness (QED) is 0.762. The van der Waals surface area contributed by atoms with Gasteiger partial charge in [-0.2, -0.15) is 0 Å². The molecule has 1 heterocycles. The number of hydrogen-bond donors (Lipinski definition) is 0. The van der Waals surface area contributed by atoms with Crippen molar-refractivity contribution in [2.24, 2.45) is 0 Å². The van der Waals surface area contributed by atoms with E-state index < -0.39 is 0 Å². The maximum absolute atomic E-state index is 12.0. The monoisotopic (exact) mass is 261 g/mol. The second-order valence-corrected chi connectivity index (χ2v) is 5.16. The van der Waals surface area contributed by atoms with Gasteiger partial charge in [0.05, 0.1) is 6.10 Å². The number of carbonyl (C=O) groups excluding carboxylic acids is 1. The summed E-state index contributed by atoms with van der Waals surface area (Å²) in [4.78, 5) is 14.1. The molecule has 1 unspecified atom stereocenters. The largest absolute Gasteiger partial charge is 0.376 e. The molecule has 0 N–H and O–H groups in total. The molecule has 1 aliphatic heterocycles. The number of para-hydroxylation sites is 1.